The summed E-state index contributed by atoms with van der Waals surface area (Å²) in [6, 6.07) is 9.30. The molecule has 11 nitrogen and oxygen atoms in total. The summed E-state index contributed by atoms with van der Waals surface area (Å²) in [5, 5.41) is 8.79. The number of likely N-dealkylation sites (tertiary alicyclic amines) is 1. The van der Waals surface area contributed by atoms with Crippen molar-refractivity contribution in [2.24, 2.45) is 0 Å². The smallest absolute Gasteiger partial charge is 0.410 e. The Morgan fingerprint density at radius 1 is 1.10 bits per heavy atom. The quantitative estimate of drug-likeness (QED) is 0.396. The summed E-state index contributed by atoms with van der Waals surface area (Å²) in [6.07, 6.45) is 2.70. The van der Waals surface area contributed by atoms with Crippen LogP contribution in [0, 0.1) is 0 Å². The van der Waals surface area contributed by atoms with Gasteiger partial charge in [-0.2, -0.15) is 10.1 Å². The van der Waals surface area contributed by atoms with Gasteiger partial charge in [-0.05, 0) is 65.2 Å². The van der Waals surface area contributed by atoms with Crippen LogP contribution in [0.3, 0.4) is 0 Å². The summed E-state index contributed by atoms with van der Waals surface area (Å²) in [5.41, 5.74) is 1.51. The molecule has 0 saturated carbocycles. The molecule has 1 amide bonds. The van der Waals surface area contributed by atoms with Gasteiger partial charge >= 0.3 is 6.09 Å². The fourth-order valence-corrected chi connectivity index (χ4v) is 4.87. The number of benzene rings is 1. The monoisotopic (exact) mass is 534 g/mol. The molecule has 1 aromatic carbocycles. The predicted octanol–water partition coefficient (Wildman–Crippen LogP) is 4.52. The van der Waals surface area contributed by atoms with Gasteiger partial charge < -0.3 is 23.9 Å². The van der Waals surface area contributed by atoms with Crippen molar-refractivity contribution >= 4 is 11.7 Å². The zero-order valence-electron chi connectivity index (χ0n) is 23.1. The second-order valence-corrected chi connectivity index (χ2v) is 11.4. The van der Waals surface area contributed by atoms with Crippen LogP contribution in [-0.4, -0.2) is 61.5 Å². The number of methoxy groups -OCH3 is 1. The van der Waals surface area contributed by atoms with E-state index < -0.39 is 11.0 Å². The van der Waals surface area contributed by atoms with E-state index in [0.29, 0.717) is 48.9 Å². The van der Waals surface area contributed by atoms with Crippen LogP contribution in [0.15, 0.2) is 45.8 Å². The van der Waals surface area contributed by atoms with Crippen molar-refractivity contribution in [2.45, 2.75) is 64.4 Å². The maximum absolute atomic E-state index is 12.7. The Balaban J connectivity index is 1.40. The van der Waals surface area contributed by atoms with E-state index in [1.54, 1.807) is 28.8 Å². The Kier molecular flexibility index (Phi) is 6.69. The number of nitrogens with one attached hydrogen (secondary N) is 1. The van der Waals surface area contributed by atoms with Crippen LogP contribution in [0.4, 0.5) is 4.79 Å². The van der Waals surface area contributed by atoms with E-state index in [-0.39, 0.29) is 17.6 Å². The number of hydrogen-bond donors (Lipinski definition) is 1. The highest BCUT2D eigenvalue weighted by Crippen LogP contribution is 2.34. The van der Waals surface area contributed by atoms with Gasteiger partial charge in [0.05, 0.1) is 30.0 Å². The Hall–Kier alpha value is -4.15. The average Bonchev–Trinajstić information content (AvgIpc) is 3.55. The molecule has 5 rings (SSSR count). The number of aromatic amines is 1. The number of carbonyl (C=O) groups excluding carboxylic acids is 1. The number of carbonyl (C=O) groups is 1. The predicted molar refractivity (Wildman–Crippen MR) is 144 cm³/mol. The van der Waals surface area contributed by atoms with E-state index >= 15 is 0 Å². The lowest BCUT2D eigenvalue weighted by Crippen LogP contribution is -2.41. The van der Waals surface area contributed by atoms with E-state index in [2.05, 4.69) is 20.2 Å². The minimum Gasteiger partial charge on any atom is -0.497 e. The molecule has 1 fully saturated rings. The molecule has 1 aliphatic rings. The molecular weight excluding hydrogens is 500 g/mol. The first kappa shape index (κ1) is 26.5. The molecule has 39 heavy (non-hydrogen) atoms. The topological polar surface area (TPSA) is 128 Å². The van der Waals surface area contributed by atoms with Crippen LogP contribution in [-0.2, 0) is 10.2 Å². The molecule has 4 aromatic rings. The fourth-order valence-electron chi connectivity index (χ4n) is 4.87. The lowest BCUT2D eigenvalue weighted by molar-refractivity contribution is 0.0203. The number of nitrogens with zero attached hydrogens (tertiary/aromatic N) is 5. The summed E-state index contributed by atoms with van der Waals surface area (Å²) in [5.74, 6) is 1.60. The molecule has 1 aliphatic heterocycles. The van der Waals surface area contributed by atoms with E-state index in [1.165, 1.54) is 0 Å². The average molecular weight is 535 g/mol. The van der Waals surface area contributed by atoms with Gasteiger partial charge in [0.1, 0.15) is 17.0 Å². The molecule has 0 unspecified atom stereocenters. The third-order valence-corrected chi connectivity index (χ3v) is 7.11. The van der Waals surface area contributed by atoms with Crippen molar-refractivity contribution < 1.29 is 18.8 Å². The van der Waals surface area contributed by atoms with Gasteiger partial charge in [-0.25, -0.2) is 9.31 Å². The molecule has 4 heterocycles. The second kappa shape index (κ2) is 9.87. The van der Waals surface area contributed by atoms with Crippen molar-refractivity contribution in [3.63, 3.8) is 0 Å². The van der Waals surface area contributed by atoms with E-state index in [0.717, 1.165) is 17.0 Å². The summed E-state index contributed by atoms with van der Waals surface area (Å²) in [4.78, 5) is 34.5. The standard InChI is InChI=1S/C28H34N6O5/c1-27(2,3)38-26(36)33-13-11-17(12-14-33)21-15-22(35)30-24-20(16-29-34(21)24)23-31-25(39-32-23)28(4,5)18-7-9-19(37-6)10-8-18/h7-10,15-17H,11-14H2,1-6H3,(H,30,35). The minimum absolute atomic E-state index is 0.0519. The number of aromatic nitrogens is 5. The van der Waals surface area contributed by atoms with Crippen LogP contribution >= 0.6 is 0 Å². The number of fused-ring (bicyclic) bond motifs is 1. The Bertz CT molecular complexity index is 1540. The number of piperidine rings is 1. The first-order valence-electron chi connectivity index (χ1n) is 13.0. The maximum Gasteiger partial charge on any atom is 0.410 e. The normalized spacial score (nSPS) is 15.1. The van der Waals surface area contributed by atoms with Gasteiger partial charge in [0.15, 0.2) is 0 Å². The Morgan fingerprint density at radius 3 is 2.44 bits per heavy atom. The number of H-pyrrole nitrogens is 1. The summed E-state index contributed by atoms with van der Waals surface area (Å²) >= 11 is 0. The Morgan fingerprint density at radius 2 is 1.79 bits per heavy atom. The van der Waals surface area contributed by atoms with Gasteiger partial charge in [0.25, 0.3) is 5.56 Å². The van der Waals surface area contributed by atoms with Crippen LogP contribution in [0.1, 0.15) is 70.5 Å². The van der Waals surface area contributed by atoms with Crippen molar-refractivity contribution in [1.82, 2.24) is 29.6 Å². The molecule has 3 aromatic heterocycles. The largest absolute Gasteiger partial charge is 0.497 e. The fraction of sp³-hybridized carbons (Fsp3) is 0.464. The lowest BCUT2D eigenvalue weighted by Gasteiger charge is -2.33. The number of amides is 1. The minimum atomic E-state index is -0.554. The molecule has 11 heteroatoms. The maximum atomic E-state index is 12.7. The van der Waals surface area contributed by atoms with E-state index in [9.17, 15) is 9.59 Å². The van der Waals surface area contributed by atoms with Gasteiger partial charge in [-0.3, -0.25) is 4.79 Å². The third kappa shape index (κ3) is 5.25. The number of rotatable bonds is 5. The van der Waals surface area contributed by atoms with Crippen LogP contribution in [0.2, 0.25) is 0 Å². The molecule has 0 spiro atoms. The molecular formula is C28H34N6O5. The molecule has 0 aliphatic carbocycles. The van der Waals surface area contributed by atoms with Crippen molar-refractivity contribution in [2.75, 3.05) is 20.2 Å². The third-order valence-electron chi connectivity index (χ3n) is 7.11. The Labute approximate surface area is 226 Å². The lowest BCUT2D eigenvalue weighted by atomic mass is 9.84. The van der Waals surface area contributed by atoms with Gasteiger partial charge in [0.2, 0.25) is 11.7 Å². The molecule has 0 atom stereocenters. The van der Waals surface area contributed by atoms with Crippen LogP contribution in [0.25, 0.3) is 17.0 Å². The first-order valence-corrected chi connectivity index (χ1v) is 13.0. The van der Waals surface area contributed by atoms with Crippen molar-refractivity contribution in [3.05, 3.63) is 64.0 Å². The highest BCUT2D eigenvalue weighted by Gasteiger charge is 2.32. The molecule has 0 radical (unpaired) electrons. The van der Waals surface area contributed by atoms with Gasteiger partial charge in [-0.15, -0.1) is 0 Å². The van der Waals surface area contributed by atoms with Gasteiger partial charge in [-0.1, -0.05) is 17.3 Å². The highest BCUT2D eigenvalue weighted by atomic mass is 16.6. The van der Waals surface area contributed by atoms with Crippen molar-refractivity contribution in [3.8, 4) is 17.1 Å². The highest BCUT2D eigenvalue weighted by molar-refractivity contribution is 5.72. The van der Waals surface area contributed by atoms with Crippen LogP contribution in [0.5, 0.6) is 5.75 Å². The van der Waals surface area contributed by atoms with Gasteiger partial charge in [0, 0.05) is 25.1 Å². The molecule has 1 saturated heterocycles. The first-order chi connectivity index (χ1) is 18.5. The zero-order chi connectivity index (χ0) is 27.9. The number of ether oxygens (including phenoxy) is 2. The molecule has 1 N–H and O–H groups in total. The van der Waals surface area contributed by atoms with Crippen LogP contribution < -0.4 is 10.3 Å². The molecule has 0 bridgehead atoms. The molecule has 206 valence electrons. The van der Waals surface area contributed by atoms with E-state index in [1.807, 2.05) is 58.9 Å². The van der Waals surface area contributed by atoms with E-state index in [4.69, 9.17) is 14.0 Å². The second-order valence-electron chi connectivity index (χ2n) is 11.4. The van der Waals surface area contributed by atoms with Crippen molar-refractivity contribution in [1.29, 1.82) is 0 Å². The zero-order valence-corrected chi connectivity index (χ0v) is 23.1. The number of hydrogen-bond acceptors (Lipinski definition) is 8. The summed E-state index contributed by atoms with van der Waals surface area (Å²) < 4.78 is 18.2. The summed E-state index contributed by atoms with van der Waals surface area (Å²) in [6.45, 7) is 10.6. The summed E-state index contributed by atoms with van der Waals surface area (Å²) in [7, 11) is 1.63. The SMILES string of the molecule is COc1ccc(C(C)(C)c2nc(-c3cnn4c(C5CCN(C(=O)OC(C)(C)C)CC5)cc(=O)[nH]c34)no2)cc1.